The van der Waals surface area contributed by atoms with Gasteiger partial charge in [-0.3, -0.25) is 4.98 Å². The molecule has 1 N–H and O–H groups in total. The lowest BCUT2D eigenvalue weighted by atomic mass is 10.2. The summed E-state index contributed by atoms with van der Waals surface area (Å²) in [6, 6.07) is 13.7. The SMILES string of the molecule is CS(=O)(=O)CCOCc1nc(-c2cc3c(Nc4ccc(OCc5cccc(F)c5)c(Br)c4)ncnc3cn2)cs1. The molecule has 5 aromatic rings. The molecule has 0 aliphatic carbocycles. The zero-order chi connectivity index (χ0) is 28.1. The van der Waals surface area contributed by atoms with Gasteiger partial charge in [-0.15, -0.1) is 11.3 Å². The largest absolute Gasteiger partial charge is 0.488 e. The number of ether oxygens (including phenoxy) is 2. The Morgan fingerprint density at radius 2 is 1.93 bits per heavy atom. The number of thiazole rings is 1. The van der Waals surface area contributed by atoms with Gasteiger partial charge in [0.05, 0.1) is 46.5 Å². The zero-order valence-electron chi connectivity index (χ0n) is 21.2. The van der Waals surface area contributed by atoms with Crippen LogP contribution in [0.15, 0.2) is 70.9 Å². The minimum absolute atomic E-state index is 0.0333. The van der Waals surface area contributed by atoms with Crippen molar-refractivity contribution in [3.63, 3.8) is 0 Å². The second-order valence-corrected chi connectivity index (χ2v) is 12.9. The van der Waals surface area contributed by atoms with Crippen LogP contribution >= 0.6 is 27.3 Å². The molecule has 9 nitrogen and oxygen atoms in total. The fraction of sp³-hybridized carbons (Fsp3) is 0.185. The number of nitrogens with one attached hydrogen (secondary N) is 1. The molecule has 3 heterocycles. The summed E-state index contributed by atoms with van der Waals surface area (Å²) in [6.45, 7) is 0.575. The Bertz CT molecular complexity index is 1770. The van der Waals surface area contributed by atoms with Gasteiger partial charge in [-0.2, -0.15) is 0 Å². The lowest BCUT2D eigenvalue weighted by Gasteiger charge is -2.12. The molecule has 5 rings (SSSR count). The summed E-state index contributed by atoms with van der Waals surface area (Å²) in [4.78, 5) is 17.8. The summed E-state index contributed by atoms with van der Waals surface area (Å²) < 4.78 is 48.0. The first-order valence-corrected chi connectivity index (χ1v) is 15.7. The summed E-state index contributed by atoms with van der Waals surface area (Å²) in [7, 11) is -3.07. The van der Waals surface area contributed by atoms with E-state index in [4.69, 9.17) is 9.47 Å². The highest BCUT2D eigenvalue weighted by Crippen LogP contribution is 2.32. The Hall–Kier alpha value is -3.52. The first-order valence-electron chi connectivity index (χ1n) is 12.0. The Balaban J connectivity index is 1.29. The number of aromatic nitrogens is 4. The normalized spacial score (nSPS) is 11.6. The Morgan fingerprint density at radius 3 is 2.73 bits per heavy atom. The molecule has 3 aromatic heterocycles. The number of hydrogen-bond acceptors (Lipinski definition) is 10. The number of rotatable bonds is 11. The third-order valence-corrected chi connectivity index (χ3v) is 7.99. The maximum Gasteiger partial charge on any atom is 0.149 e. The van der Waals surface area contributed by atoms with E-state index in [1.807, 2.05) is 29.6 Å². The second-order valence-electron chi connectivity index (χ2n) is 8.81. The van der Waals surface area contributed by atoms with Crippen LogP contribution in [0.25, 0.3) is 22.3 Å². The number of sulfone groups is 1. The molecule has 0 spiro atoms. The van der Waals surface area contributed by atoms with E-state index < -0.39 is 9.84 Å². The lowest BCUT2D eigenvalue weighted by molar-refractivity contribution is 0.135. The standard InChI is InChI=1S/C27H23BrFN5O4S2/c1-40(35,36)8-7-37-14-26-34-24(15-39-26)22-11-20-23(12-30-22)31-16-32-27(20)33-19-5-6-25(21(28)10-19)38-13-17-3-2-4-18(29)9-17/h2-6,9-12,15-16H,7-8,13-14H2,1H3,(H,31,32,33). The van der Waals surface area contributed by atoms with E-state index >= 15 is 0 Å². The smallest absolute Gasteiger partial charge is 0.149 e. The minimum Gasteiger partial charge on any atom is -0.488 e. The maximum atomic E-state index is 13.4. The van der Waals surface area contributed by atoms with Gasteiger partial charge in [-0.25, -0.2) is 27.8 Å². The van der Waals surface area contributed by atoms with Gasteiger partial charge in [-0.05, 0) is 57.9 Å². The molecule has 0 bridgehead atoms. The van der Waals surface area contributed by atoms with Gasteiger partial charge in [-0.1, -0.05) is 12.1 Å². The number of hydrogen-bond donors (Lipinski definition) is 1. The first kappa shape index (κ1) is 28.0. The molecule has 206 valence electrons. The van der Waals surface area contributed by atoms with Crippen molar-refractivity contribution in [2.75, 3.05) is 23.9 Å². The number of benzene rings is 2. The van der Waals surface area contributed by atoms with Crippen molar-refractivity contribution < 1.29 is 22.3 Å². The van der Waals surface area contributed by atoms with Gasteiger partial charge >= 0.3 is 0 Å². The molecule has 13 heteroatoms. The fourth-order valence-corrected chi connectivity index (χ4v) is 5.32. The molecule has 0 amide bonds. The van der Waals surface area contributed by atoms with E-state index in [2.05, 4.69) is 41.2 Å². The molecule has 40 heavy (non-hydrogen) atoms. The summed E-state index contributed by atoms with van der Waals surface area (Å²) in [5, 5.41) is 6.68. The highest BCUT2D eigenvalue weighted by atomic mass is 79.9. The Morgan fingerprint density at radius 1 is 1.05 bits per heavy atom. The van der Waals surface area contributed by atoms with E-state index in [-0.39, 0.29) is 31.4 Å². The average Bonchev–Trinajstić information content (AvgIpc) is 3.39. The van der Waals surface area contributed by atoms with Crippen LogP contribution in [0, 0.1) is 5.82 Å². The summed E-state index contributed by atoms with van der Waals surface area (Å²) >= 11 is 4.96. The van der Waals surface area contributed by atoms with E-state index in [0.29, 0.717) is 28.5 Å². The minimum atomic E-state index is -3.07. The zero-order valence-corrected chi connectivity index (χ0v) is 24.4. The van der Waals surface area contributed by atoms with Crippen molar-refractivity contribution in [3.8, 4) is 17.1 Å². The van der Waals surface area contributed by atoms with Crippen molar-refractivity contribution in [3.05, 3.63) is 87.3 Å². The van der Waals surface area contributed by atoms with Crippen molar-refractivity contribution in [1.82, 2.24) is 19.9 Å². The molecule has 0 radical (unpaired) electrons. The van der Waals surface area contributed by atoms with Gasteiger partial charge in [0.15, 0.2) is 0 Å². The van der Waals surface area contributed by atoms with Crippen LogP contribution in [0.1, 0.15) is 10.6 Å². The molecule has 0 unspecified atom stereocenters. The molecule has 0 saturated carbocycles. The van der Waals surface area contributed by atoms with E-state index in [1.54, 1.807) is 18.3 Å². The van der Waals surface area contributed by atoms with Crippen LogP contribution < -0.4 is 10.1 Å². The van der Waals surface area contributed by atoms with Crippen molar-refractivity contribution in [1.29, 1.82) is 0 Å². The fourth-order valence-electron chi connectivity index (χ4n) is 3.68. The van der Waals surface area contributed by atoms with Crippen molar-refractivity contribution >= 4 is 59.5 Å². The topological polar surface area (TPSA) is 116 Å². The Labute approximate surface area is 242 Å². The van der Waals surface area contributed by atoms with Crippen molar-refractivity contribution in [2.24, 2.45) is 0 Å². The van der Waals surface area contributed by atoms with Gasteiger partial charge in [0.25, 0.3) is 0 Å². The molecule has 0 aliphatic heterocycles. The van der Waals surface area contributed by atoms with Crippen LogP contribution in [0.3, 0.4) is 0 Å². The number of anilines is 2. The first-order chi connectivity index (χ1) is 19.2. The van der Waals surface area contributed by atoms with Crippen LogP contribution in [0.2, 0.25) is 0 Å². The van der Waals surface area contributed by atoms with Crippen LogP contribution in [-0.4, -0.2) is 47.0 Å². The maximum absolute atomic E-state index is 13.4. The van der Waals surface area contributed by atoms with Crippen LogP contribution in [0.5, 0.6) is 5.75 Å². The predicted octanol–water partition coefficient (Wildman–Crippen LogP) is 5.93. The van der Waals surface area contributed by atoms with Crippen molar-refractivity contribution in [2.45, 2.75) is 13.2 Å². The molecule has 0 fully saturated rings. The van der Waals surface area contributed by atoms with E-state index in [1.165, 1.54) is 36.1 Å². The number of halogens is 2. The van der Waals surface area contributed by atoms with Gasteiger partial charge in [0.2, 0.25) is 0 Å². The van der Waals surface area contributed by atoms with E-state index in [9.17, 15) is 12.8 Å². The third-order valence-electron chi connectivity index (χ3n) is 5.64. The average molecular weight is 645 g/mol. The summed E-state index contributed by atoms with van der Waals surface area (Å²) in [6.07, 6.45) is 4.31. The van der Waals surface area contributed by atoms with Gasteiger partial charge in [0, 0.05) is 22.7 Å². The highest BCUT2D eigenvalue weighted by molar-refractivity contribution is 9.10. The third kappa shape index (κ3) is 7.36. The molecular weight excluding hydrogens is 621 g/mol. The lowest BCUT2D eigenvalue weighted by Crippen LogP contribution is -2.09. The quantitative estimate of drug-likeness (QED) is 0.175. The molecule has 2 aromatic carbocycles. The number of nitrogens with zero attached hydrogens (tertiary/aromatic N) is 4. The number of fused-ring (bicyclic) bond motifs is 1. The molecule has 0 saturated heterocycles. The van der Waals surface area contributed by atoms with Gasteiger partial charge in [0.1, 0.15) is 45.2 Å². The second kappa shape index (κ2) is 12.3. The van der Waals surface area contributed by atoms with Gasteiger partial charge < -0.3 is 14.8 Å². The summed E-state index contributed by atoms with van der Waals surface area (Å²) in [5.41, 5.74) is 3.48. The van der Waals surface area contributed by atoms with Crippen LogP contribution in [-0.2, 0) is 27.8 Å². The summed E-state index contributed by atoms with van der Waals surface area (Å²) in [5.74, 6) is 0.873. The van der Waals surface area contributed by atoms with Crippen LogP contribution in [0.4, 0.5) is 15.9 Å². The Kier molecular flexibility index (Phi) is 8.64. The predicted molar refractivity (Wildman–Crippen MR) is 156 cm³/mol. The monoisotopic (exact) mass is 643 g/mol. The molecule has 0 atom stereocenters. The number of pyridine rings is 1. The highest BCUT2D eigenvalue weighted by Gasteiger charge is 2.12. The molecular formula is C27H23BrFN5O4S2. The molecule has 0 aliphatic rings. The van der Waals surface area contributed by atoms with E-state index in [0.717, 1.165) is 26.1 Å².